The molecule has 0 aliphatic heterocycles. The van der Waals surface area contributed by atoms with Crippen LogP contribution < -0.4 is 0 Å². The van der Waals surface area contributed by atoms with Gasteiger partial charge in [0.05, 0.1) is 5.60 Å². The first-order valence-corrected chi connectivity index (χ1v) is 3.65. The summed E-state index contributed by atoms with van der Waals surface area (Å²) in [5.74, 6) is 0. The van der Waals surface area contributed by atoms with Crippen molar-refractivity contribution >= 4 is 0 Å². The molecule has 0 aromatic carbocycles. The van der Waals surface area contributed by atoms with Crippen molar-refractivity contribution in [2.75, 3.05) is 0 Å². The van der Waals surface area contributed by atoms with Crippen LogP contribution in [0.1, 0.15) is 26.7 Å². The molecule has 0 unspecified atom stereocenters. The Morgan fingerprint density at radius 1 is 1.60 bits per heavy atom. The average Bonchev–Trinajstić information content (AvgIpc) is 2.12. The summed E-state index contributed by atoms with van der Waals surface area (Å²) in [4.78, 5) is 0. The lowest BCUT2D eigenvalue weighted by molar-refractivity contribution is 0.0806. The van der Waals surface area contributed by atoms with Crippen molar-refractivity contribution in [3.05, 3.63) is 23.8 Å². The predicted octanol–water partition coefficient (Wildman–Crippen LogP) is 2.03. The fraction of sp³-hybridized carbons (Fsp3) is 0.556. The Balaban J connectivity index is 2.41. The smallest absolute Gasteiger partial charge is 0.0628 e. The lowest BCUT2D eigenvalue weighted by Crippen LogP contribution is -2.18. The molecule has 0 aromatic rings. The summed E-state index contributed by atoms with van der Waals surface area (Å²) in [6.07, 6.45) is 8.05. The number of hydrogen-bond donors (Lipinski definition) is 1. The van der Waals surface area contributed by atoms with E-state index >= 15 is 0 Å². The van der Waals surface area contributed by atoms with E-state index < -0.39 is 5.60 Å². The Hall–Kier alpha value is -0.560. The highest BCUT2D eigenvalue weighted by Crippen LogP contribution is 2.21. The third-order valence-corrected chi connectivity index (χ3v) is 1.51. The minimum absolute atomic E-state index is 0.544. The molecule has 1 rings (SSSR count). The minimum atomic E-state index is -0.544. The lowest BCUT2D eigenvalue weighted by Gasteiger charge is -2.17. The normalized spacial score (nSPS) is 17.7. The van der Waals surface area contributed by atoms with Crippen LogP contribution in [0.25, 0.3) is 0 Å². The van der Waals surface area contributed by atoms with E-state index in [2.05, 4.69) is 12.2 Å². The zero-order valence-electron chi connectivity index (χ0n) is 6.59. The van der Waals surface area contributed by atoms with Gasteiger partial charge < -0.3 is 5.11 Å². The summed E-state index contributed by atoms with van der Waals surface area (Å²) in [6, 6.07) is 0. The molecule has 0 amide bonds. The van der Waals surface area contributed by atoms with Gasteiger partial charge in [0, 0.05) is 0 Å². The number of aliphatic hydroxyl groups is 1. The van der Waals surface area contributed by atoms with Gasteiger partial charge in [-0.15, -0.1) is 0 Å². The van der Waals surface area contributed by atoms with Gasteiger partial charge in [0.15, 0.2) is 0 Å². The van der Waals surface area contributed by atoms with Crippen LogP contribution in [-0.4, -0.2) is 10.7 Å². The summed E-state index contributed by atoms with van der Waals surface area (Å²) >= 11 is 0. The first kappa shape index (κ1) is 7.55. The van der Waals surface area contributed by atoms with Gasteiger partial charge in [0.1, 0.15) is 0 Å². The van der Waals surface area contributed by atoms with Gasteiger partial charge in [0.25, 0.3) is 0 Å². The van der Waals surface area contributed by atoms with E-state index in [0.29, 0.717) is 0 Å². The van der Waals surface area contributed by atoms with Crippen molar-refractivity contribution in [1.29, 1.82) is 0 Å². The molecule has 56 valence electrons. The zero-order chi connectivity index (χ0) is 7.61. The van der Waals surface area contributed by atoms with Crippen molar-refractivity contribution in [3.8, 4) is 0 Å². The highest BCUT2D eigenvalue weighted by atomic mass is 16.3. The molecular formula is C9H14O. The maximum Gasteiger partial charge on any atom is 0.0628 e. The highest BCUT2D eigenvalue weighted by molar-refractivity contribution is 5.23. The van der Waals surface area contributed by atoms with Crippen molar-refractivity contribution in [1.82, 2.24) is 0 Å². The maximum atomic E-state index is 9.41. The minimum Gasteiger partial charge on any atom is -0.390 e. The first-order chi connectivity index (χ1) is 4.58. The van der Waals surface area contributed by atoms with Crippen LogP contribution in [0.2, 0.25) is 0 Å². The fourth-order valence-corrected chi connectivity index (χ4v) is 1.18. The van der Waals surface area contributed by atoms with E-state index in [-0.39, 0.29) is 0 Å². The molecule has 1 aliphatic carbocycles. The summed E-state index contributed by atoms with van der Waals surface area (Å²) in [6.45, 7) is 3.68. The van der Waals surface area contributed by atoms with E-state index in [1.165, 1.54) is 5.57 Å². The third-order valence-electron chi connectivity index (χ3n) is 1.51. The molecule has 0 saturated heterocycles. The molecule has 0 bridgehead atoms. The highest BCUT2D eigenvalue weighted by Gasteiger charge is 2.14. The number of allylic oxidation sites excluding steroid dienone is 3. The van der Waals surface area contributed by atoms with Crippen LogP contribution in [0.4, 0.5) is 0 Å². The van der Waals surface area contributed by atoms with E-state index in [1.807, 2.05) is 19.9 Å². The summed E-state index contributed by atoms with van der Waals surface area (Å²) in [5, 5.41) is 9.41. The van der Waals surface area contributed by atoms with E-state index in [4.69, 9.17) is 0 Å². The van der Waals surface area contributed by atoms with E-state index in [9.17, 15) is 5.11 Å². The van der Waals surface area contributed by atoms with Crippen LogP contribution in [-0.2, 0) is 0 Å². The zero-order valence-corrected chi connectivity index (χ0v) is 6.59. The molecule has 0 aromatic heterocycles. The molecule has 10 heavy (non-hydrogen) atoms. The predicted molar refractivity (Wildman–Crippen MR) is 42.8 cm³/mol. The lowest BCUT2D eigenvalue weighted by atomic mass is 9.98. The quantitative estimate of drug-likeness (QED) is 0.619. The standard InChI is InChI=1S/C9H14O/c1-9(2,10)7-8-5-3-4-6-8/h3-5,10H,6-7H2,1-2H3. The Bertz CT molecular complexity index is 170. The van der Waals surface area contributed by atoms with Crippen LogP contribution in [0, 0.1) is 0 Å². The topological polar surface area (TPSA) is 20.2 Å². The largest absolute Gasteiger partial charge is 0.390 e. The van der Waals surface area contributed by atoms with Crippen LogP contribution in [0.15, 0.2) is 23.8 Å². The van der Waals surface area contributed by atoms with Gasteiger partial charge in [-0.05, 0) is 26.7 Å². The van der Waals surface area contributed by atoms with Crippen LogP contribution >= 0.6 is 0 Å². The molecule has 0 radical (unpaired) electrons. The van der Waals surface area contributed by atoms with Gasteiger partial charge in [-0.3, -0.25) is 0 Å². The molecule has 0 atom stereocenters. The summed E-state index contributed by atoms with van der Waals surface area (Å²) in [7, 11) is 0. The van der Waals surface area contributed by atoms with Crippen LogP contribution in [0.3, 0.4) is 0 Å². The second-order valence-electron chi connectivity index (χ2n) is 3.45. The van der Waals surface area contributed by atoms with Gasteiger partial charge in [-0.1, -0.05) is 23.8 Å². The molecule has 1 heteroatoms. The van der Waals surface area contributed by atoms with Crippen molar-refractivity contribution in [2.45, 2.75) is 32.3 Å². The van der Waals surface area contributed by atoms with Crippen molar-refractivity contribution in [2.24, 2.45) is 0 Å². The third kappa shape index (κ3) is 2.36. The van der Waals surface area contributed by atoms with Crippen LogP contribution in [0.5, 0.6) is 0 Å². The van der Waals surface area contributed by atoms with E-state index in [1.54, 1.807) is 0 Å². The second kappa shape index (κ2) is 2.59. The summed E-state index contributed by atoms with van der Waals surface area (Å²) in [5.41, 5.74) is 0.783. The van der Waals surface area contributed by atoms with Gasteiger partial charge in [-0.2, -0.15) is 0 Å². The molecule has 0 fully saturated rings. The SMILES string of the molecule is CC(C)(O)CC1=CC=CC1. The molecule has 1 aliphatic rings. The summed E-state index contributed by atoms with van der Waals surface area (Å²) < 4.78 is 0. The maximum absolute atomic E-state index is 9.41. The number of rotatable bonds is 2. The Morgan fingerprint density at radius 3 is 2.70 bits per heavy atom. The Labute approximate surface area is 62.1 Å². The van der Waals surface area contributed by atoms with Crippen molar-refractivity contribution in [3.63, 3.8) is 0 Å². The molecule has 0 heterocycles. The monoisotopic (exact) mass is 138 g/mol. The first-order valence-electron chi connectivity index (χ1n) is 3.65. The molecule has 0 saturated carbocycles. The van der Waals surface area contributed by atoms with Gasteiger partial charge in [-0.25, -0.2) is 0 Å². The molecule has 1 nitrogen and oxygen atoms in total. The average molecular weight is 138 g/mol. The van der Waals surface area contributed by atoms with Gasteiger partial charge in [0.2, 0.25) is 0 Å². The molecule has 0 spiro atoms. The van der Waals surface area contributed by atoms with Crippen molar-refractivity contribution < 1.29 is 5.11 Å². The fourth-order valence-electron chi connectivity index (χ4n) is 1.18. The number of hydrogen-bond acceptors (Lipinski definition) is 1. The Morgan fingerprint density at radius 2 is 2.30 bits per heavy atom. The Kier molecular flexibility index (Phi) is 1.95. The second-order valence-corrected chi connectivity index (χ2v) is 3.45. The van der Waals surface area contributed by atoms with Gasteiger partial charge >= 0.3 is 0 Å². The molecular weight excluding hydrogens is 124 g/mol. The molecule has 1 N–H and O–H groups in total. The van der Waals surface area contributed by atoms with E-state index in [0.717, 1.165) is 12.8 Å².